The summed E-state index contributed by atoms with van der Waals surface area (Å²) in [6.45, 7) is 5.15. The molecule has 48 heavy (non-hydrogen) atoms. The van der Waals surface area contributed by atoms with E-state index in [1.807, 2.05) is 0 Å². The number of rotatable bonds is 12. The number of hydrogen-bond donors (Lipinski definition) is 1. The van der Waals surface area contributed by atoms with E-state index in [0.717, 1.165) is 39.8 Å². The molecule has 0 aromatic heterocycles. The van der Waals surface area contributed by atoms with Crippen molar-refractivity contribution in [3.8, 4) is 23.0 Å². The van der Waals surface area contributed by atoms with Crippen molar-refractivity contribution in [1.82, 2.24) is 0 Å². The fourth-order valence-electron chi connectivity index (χ4n) is 5.05. The lowest BCUT2D eigenvalue weighted by atomic mass is 9.88. The van der Waals surface area contributed by atoms with Gasteiger partial charge in [0, 0.05) is 40.7 Å². The molecule has 0 saturated carbocycles. The lowest BCUT2D eigenvalue weighted by molar-refractivity contribution is -0.254. The van der Waals surface area contributed by atoms with Gasteiger partial charge in [-0.2, -0.15) is 0 Å². The van der Waals surface area contributed by atoms with Gasteiger partial charge < -0.3 is 43.0 Å². The Labute approximate surface area is 275 Å². The number of methoxy groups -OCH3 is 2. The molecule has 0 radical (unpaired) electrons. The van der Waals surface area contributed by atoms with Gasteiger partial charge in [-0.3, -0.25) is 28.8 Å². The summed E-state index contributed by atoms with van der Waals surface area (Å²) in [6, 6.07) is 7.35. The molecule has 15 nitrogen and oxygen atoms in total. The van der Waals surface area contributed by atoms with Crippen LogP contribution in [0.1, 0.15) is 62.2 Å². The summed E-state index contributed by atoms with van der Waals surface area (Å²) in [6.07, 6.45) is -4.70. The molecular weight excluding hydrogens is 636 g/mol. The van der Waals surface area contributed by atoms with Crippen molar-refractivity contribution in [3.05, 3.63) is 53.1 Å². The van der Waals surface area contributed by atoms with Crippen molar-refractivity contribution in [3.63, 3.8) is 0 Å². The van der Waals surface area contributed by atoms with E-state index in [4.69, 9.17) is 37.9 Å². The van der Waals surface area contributed by atoms with E-state index >= 15 is 0 Å². The summed E-state index contributed by atoms with van der Waals surface area (Å²) in [5, 5.41) is 11.0. The number of ketones is 1. The van der Waals surface area contributed by atoms with E-state index in [1.54, 1.807) is 12.1 Å². The first kappa shape index (κ1) is 37.0. The van der Waals surface area contributed by atoms with Gasteiger partial charge in [-0.1, -0.05) is 18.2 Å². The SMILES string of the molecule is COc1cc(O)c(C(=O)/C=C/c2ccc(OC(C)=O)cc2)c(OC)c1[C@@H]1OC(COC(C)=O)[C@@H](OC(C)=O)C(OC(C)=O)C1OC(C)=O. The highest BCUT2D eigenvalue weighted by atomic mass is 16.7. The third kappa shape index (κ3) is 9.31. The van der Waals surface area contributed by atoms with Gasteiger partial charge in [-0.05, 0) is 23.8 Å². The predicted molar refractivity (Wildman–Crippen MR) is 163 cm³/mol. The molecule has 1 saturated heterocycles. The first-order chi connectivity index (χ1) is 22.7. The average Bonchev–Trinajstić information content (AvgIpc) is 3.00. The summed E-state index contributed by atoms with van der Waals surface area (Å²) < 4.78 is 44.1. The first-order valence-corrected chi connectivity index (χ1v) is 14.5. The fraction of sp³-hybridized carbons (Fsp3) is 0.394. The molecule has 3 rings (SSSR count). The standard InChI is InChI=1S/C33H36O15/c1-16(34)43-15-26-29(45-18(3)36)32(46-19(4)37)33(47-20(5)38)31(48-26)28-25(41-6)14-24(40)27(30(28)42-7)23(39)13-10-21-8-11-22(12-9-21)44-17(2)35/h8-14,26,29,31-33,40H,15H2,1-7H3/b13-10+/t26?,29-,31+,32?,33?/m1/s1. The molecule has 2 aromatic carbocycles. The molecule has 5 atom stereocenters. The summed E-state index contributed by atoms with van der Waals surface area (Å²) >= 11 is 0. The minimum Gasteiger partial charge on any atom is -0.507 e. The van der Waals surface area contributed by atoms with E-state index < -0.39 is 78.5 Å². The van der Waals surface area contributed by atoms with Crippen LogP contribution in [0.3, 0.4) is 0 Å². The quantitative estimate of drug-likeness (QED) is 0.113. The van der Waals surface area contributed by atoms with Crippen molar-refractivity contribution in [2.45, 2.75) is 65.1 Å². The topological polar surface area (TPSA) is 196 Å². The van der Waals surface area contributed by atoms with Gasteiger partial charge in [0.2, 0.25) is 0 Å². The van der Waals surface area contributed by atoms with Crippen LogP contribution in [-0.2, 0) is 47.7 Å². The van der Waals surface area contributed by atoms with Gasteiger partial charge in [0.25, 0.3) is 0 Å². The van der Waals surface area contributed by atoms with Gasteiger partial charge in [0.15, 0.2) is 24.1 Å². The lowest BCUT2D eigenvalue weighted by Gasteiger charge is -2.45. The molecule has 0 spiro atoms. The summed E-state index contributed by atoms with van der Waals surface area (Å²) in [5.74, 6) is -5.02. The van der Waals surface area contributed by atoms with E-state index in [-0.39, 0.29) is 22.6 Å². The highest BCUT2D eigenvalue weighted by molar-refractivity contribution is 6.11. The molecular formula is C33H36O15. The monoisotopic (exact) mass is 672 g/mol. The van der Waals surface area contributed by atoms with Gasteiger partial charge in [-0.25, -0.2) is 0 Å². The molecule has 1 fully saturated rings. The second-order valence-corrected chi connectivity index (χ2v) is 10.4. The summed E-state index contributed by atoms with van der Waals surface area (Å²) in [4.78, 5) is 73.4. The zero-order valence-electron chi connectivity index (χ0n) is 27.3. The lowest BCUT2D eigenvalue weighted by Crippen LogP contribution is -2.59. The number of benzene rings is 2. The van der Waals surface area contributed by atoms with Crippen LogP contribution in [0.25, 0.3) is 6.08 Å². The van der Waals surface area contributed by atoms with Crippen LogP contribution in [0.4, 0.5) is 0 Å². The number of ether oxygens (including phenoxy) is 8. The van der Waals surface area contributed by atoms with Crippen molar-refractivity contribution in [1.29, 1.82) is 0 Å². The molecule has 258 valence electrons. The van der Waals surface area contributed by atoms with Crippen LogP contribution in [0.15, 0.2) is 36.4 Å². The van der Waals surface area contributed by atoms with Gasteiger partial charge in [-0.15, -0.1) is 0 Å². The Kier molecular flexibility index (Phi) is 12.7. The number of phenolic OH excluding ortho intramolecular Hbond substituents is 1. The van der Waals surface area contributed by atoms with Gasteiger partial charge in [0.05, 0.1) is 19.8 Å². The normalized spacial score (nSPS) is 20.3. The molecule has 1 heterocycles. The predicted octanol–water partition coefficient (Wildman–Crippen LogP) is 3.03. The second kappa shape index (κ2) is 16.4. The highest BCUT2D eigenvalue weighted by Gasteiger charge is 2.54. The van der Waals surface area contributed by atoms with E-state index in [0.29, 0.717) is 11.3 Å². The zero-order valence-corrected chi connectivity index (χ0v) is 27.3. The minimum absolute atomic E-state index is 0.0576. The average molecular weight is 673 g/mol. The molecule has 1 aliphatic rings. The molecule has 2 aromatic rings. The molecule has 0 bridgehead atoms. The Hall–Kier alpha value is -5.44. The number of allylic oxidation sites excluding steroid dienone is 1. The number of carbonyl (C=O) groups excluding carboxylic acids is 6. The maximum absolute atomic E-state index is 13.6. The molecule has 0 aliphatic carbocycles. The third-order valence-electron chi connectivity index (χ3n) is 6.78. The van der Waals surface area contributed by atoms with Crippen molar-refractivity contribution in [2.24, 2.45) is 0 Å². The summed E-state index contributed by atoms with van der Waals surface area (Å²) in [5.41, 5.74) is 0.151. The maximum atomic E-state index is 13.6. The Bertz CT molecular complexity index is 1580. The van der Waals surface area contributed by atoms with Crippen LogP contribution in [0, 0.1) is 0 Å². The van der Waals surface area contributed by atoms with Gasteiger partial charge >= 0.3 is 29.8 Å². The maximum Gasteiger partial charge on any atom is 0.308 e. The Morgan fingerprint density at radius 2 is 1.35 bits per heavy atom. The largest absolute Gasteiger partial charge is 0.507 e. The summed E-state index contributed by atoms with van der Waals surface area (Å²) in [7, 11) is 2.46. The smallest absolute Gasteiger partial charge is 0.308 e. The number of phenols is 1. The van der Waals surface area contributed by atoms with E-state index in [1.165, 1.54) is 39.4 Å². The Morgan fingerprint density at radius 3 is 1.88 bits per heavy atom. The zero-order chi connectivity index (χ0) is 35.7. The van der Waals surface area contributed by atoms with E-state index in [9.17, 15) is 33.9 Å². The molecule has 0 amide bonds. The third-order valence-corrected chi connectivity index (χ3v) is 6.78. The van der Waals surface area contributed by atoms with Crippen LogP contribution in [-0.4, -0.2) is 86.0 Å². The molecule has 15 heteroatoms. The fourth-order valence-corrected chi connectivity index (χ4v) is 5.05. The molecule has 1 aliphatic heterocycles. The van der Waals surface area contributed by atoms with Crippen molar-refractivity contribution < 1.29 is 71.8 Å². The molecule has 3 unspecified atom stereocenters. The van der Waals surface area contributed by atoms with Crippen LogP contribution >= 0.6 is 0 Å². The Morgan fingerprint density at radius 1 is 0.771 bits per heavy atom. The van der Waals surface area contributed by atoms with Gasteiger partial charge in [0.1, 0.15) is 47.4 Å². The highest BCUT2D eigenvalue weighted by Crippen LogP contribution is 2.48. The van der Waals surface area contributed by atoms with Crippen LogP contribution in [0.5, 0.6) is 23.0 Å². The number of hydrogen-bond acceptors (Lipinski definition) is 15. The molecule has 1 N–H and O–H groups in total. The van der Waals surface area contributed by atoms with Crippen LogP contribution < -0.4 is 14.2 Å². The Balaban J connectivity index is 2.21. The van der Waals surface area contributed by atoms with Crippen LogP contribution in [0.2, 0.25) is 0 Å². The van der Waals surface area contributed by atoms with E-state index in [2.05, 4.69) is 0 Å². The number of aromatic hydroxyl groups is 1. The minimum atomic E-state index is -1.55. The van der Waals surface area contributed by atoms with Crippen molar-refractivity contribution >= 4 is 41.7 Å². The van der Waals surface area contributed by atoms with Crippen molar-refractivity contribution in [2.75, 3.05) is 20.8 Å². The number of esters is 5. The first-order valence-electron chi connectivity index (χ1n) is 14.5. The second-order valence-electron chi connectivity index (χ2n) is 10.4. The number of carbonyl (C=O) groups is 6.